The minimum Gasteiger partial charge on any atom is -0.299 e. The summed E-state index contributed by atoms with van der Waals surface area (Å²) in [7, 11) is 0. The van der Waals surface area contributed by atoms with Gasteiger partial charge in [0, 0.05) is 17.1 Å². The number of carbonyl (C=O) groups is 1. The Bertz CT molecular complexity index is 65.3. The van der Waals surface area contributed by atoms with Gasteiger partial charge in [-0.15, -0.1) is 0 Å². The summed E-state index contributed by atoms with van der Waals surface area (Å²) in [6.45, 7) is 21.1. The van der Waals surface area contributed by atoms with Crippen molar-refractivity contribution in [3.05, 3.63) is 12.7 Å². The summed E-state index contributed by atoms with van der Waals surface area (Å²) >= 11 is 0. The van der Waals surface area contributed by atoms with E-state index in [0.717, 1.165) is 0 Å². The minimum atomic E-state index is 0. The summed E-state index contributed by atoms with van der Waals surface area (Å²) in [6.07, 6.45) is 1.83. The molecule has 0 saturated heterocycles. The molecule has 0 aliphatic rings. The van der Waals surface area contributed by atoms with Gasteiger partial charge in [0.05, 0.1) is 0 Å². The largest absolute Gasteiger partial charge is 0.299 e. The third kappa shape index (κ3) is 5160. The molecule has 0 unspecified atom stereocenters. The fourth-order valence-corrected chi connectivity index (χ4v) is 0. The Kier molecular flexibility index (Phi) is 8430. The van der Waals surface area contributed by atoms with Crippen LogP contribution in [0.4, 0.5) is 0 Å². The zero-order valence-electron chi connectivity index (χ0n) is 6.26. The average Bonchev–Trinajstić information content (AvgIpc) is 2.29. The molecule has 0 aliphatic carbocycles. The van der Waals surface area contributed by atoms with Gasteiger partial charge >= 0.3 is 0 Å². The van der Waals surface area contributed by atoms with Gasteiger partial charge in [-0.2, -0.15) is 0 Å². The number of hydrogen-bond donors (Lipinski definition) is 0. The molecule has 8 radical (unpaired) electrons. The molecule has 0 fully saturated rings. The number of rotatable bonds is 1. The molecule has 0 aromatic rings. The first-order valence-electron chi connectivity index (χ1n) is 1.79. The van der Waals surface area contributed by atoms with Crippen LogP contribution in [0.3, 0.4) is 0 Å². The zero-order valence-corrected chi connectivity index (χ0v) is 7.36. The van der Waals surface area contributed by atoms with Gasteiger partial charge in [-0.05, 0) is 6.08 Å². The predicted octanol–water partition coefficient (Wildman–Crippen LogP) is -1.22. The van der Waals surface area contributed by atoms with Crippen molar-refractivity contribution in [2.24, 2.45) is 0 Å². The molecule has 0 saturated carbocycles. The number of allylic oxidation sites excluding steroid dienone is 1. The second kappa shape index (κ2) is 2640. The summed E-state index contributed by atoms with van der Waals surface area (Å²) < 4.78 is 0. The second-order valence-corrected chi connectivity index (χ2v) is 0.372. The van der Waals surface area contributed by atoms with Crippen molar-refractivity contribution in [2.75, 3.05) is 0 Å². The SMILES string of the molecule is C=CC=O.[C]=O.[C]=O.[C]=O.[C]=O.[Fe]. The van der Waals surface area contributed by atoms with Crippen molar-refractivity contribution in [3.63, 3.8) is 0 Å². The Morgan fingerprint density at radius 1 is 0.769 bits per heavy atom. The number of hydrogen-bond acceptors (Lipinski definition) is 5. The monoisotopic (exact) mass is 224 g/mol. The molecule has 0 aromatic heterocycles. The maximum Gasteiger partial charge on any atom is 0.281 e. The van der Waals surface area contributed by atoms with Crippen molar-refractivity contribution in [2.45, 2.75) is 0 Å². The molecule has 0 N–H and O–H groups in total. The molecule has 5 nitrogen and oxygen atoms in total. The van der Waals surface area contributed by atoms with Gasteiger partial charge < -0.3 is 0 Å². The van der Waals surface area contributed by atoms with Crippen LogP contribution in [0.25, 0.3) is 0 Å². The van der Waals surface area contributed by atoms with E-state index in [-0.39, 0.29) is 17.1 Å². The van der Waals surface area contributed by atoms with E-state index >= 15 is 0 Å². The standard InChI is InChI=1S/C3H4O.4CO.Fe/c1-2-3-4;4*1-2;/h2-3H,1H2;;;;;. The van der Waals surface area contributed by atoms with Gasteiger partial charge in [0.2, 0.25) is 0 Å². The third-order valence-corrected chi connectivity index (χ3v) is 0.0962. The minimum absolute atomic E-state index is 0. The molecule has 0 aromatic carbocycles. The van der Waals surface area contributed by atoms with Gasteiger partial charge in [0.15, 0.2) is 0 Å². The van der Waals surface area contributed by atoms with Crippen LogP contribution in [0.15, 0.2) is 12.7 Å². The Balaban J connectivity index is -0.0000000122. The molecule has 0 bridgehead atoms. The topological polar surface area (TPSA) is 85.3 Å². The average molecular weight is 224 g/mol. The van der Waals surface area contributed by atoms with Crippen LogP contribution in [0.2, 0.25) is 0 Å². The van der Waals surface area contributed by atoms with Crippen LogP contribution in [0.1, 0.15) is 0 Å². The van der Waals surface area contributed by atoms with Crippen molar-refractivity contribution >= 4 is 33.4 Å². The molecule has 0 amide bonds. The van der Waals surface area contributed by atoms with Gasteiger partial charge in [0.1, 0.15) is 6.29 Å². The van der Waals surface area contributed by atoms with E-state index in [1.807, 2.05) is 0 Å². The normalized spacial score (nSPS) is 2.77. The summed E-state index contributed by atoms with van der Waals surface area (Å²) in [5.74, 6) is 0. The van der Waals surface area contributed by atoms with Crippen LogP contribution in [0.5, 0.6) is 0 Å². The molecule has 0 spiro atoms. The maximum atomic E-state index is 9.06. The van der Waals surface area contributed by atoms with Crippen LogP contribution in [0, 0.1) is 0 Å². The van der Waals surface area contributed by atoms with Crippen molar-refractivity contribution < 1.29 is 41.0 Å². The van der Waals surface area contributed by atoms with Gasteiger partial charge in [0.25, 0.3) is 27.2 Å². The summed E-state index contributed by atoms with van der Waals surface area (Å²) in [6, 6.07) is 0. The molecule has 0 rings (SSSR count). The molecular weight excluding hydrogens is 220 g/mol. The number of carbonyl (C=O) groups excluding carboxylic acids is 5. The molecule has 13 heavy (non-hydrogen) atoms. The quantitative estimate of drug-likeness (QED) is 0.316. The Hall–Kier alpha value is -1.39. The van der Waals surface area contributed by atoms with Crippen LogP contribution in [-0.4, -0.2) is 33.4 Å². The van der Waals surface area contributed by atoms with Crippen LogP contribution in [-0.2, 0) is 41.0 Å². The molecule has 0 atom stereocenters. The molecule has 70 valence electrons. The predicted molar refractivity (Wildman–Crippen MR) is 39.0 cm³/mol. The van der Waals surface area contributed by atoms with Gasteiger partial charge in [-0.25, -0.2) is 0 Å². The van der Waals surface area contributed by atoms with E-state index in [4.69, 9.17) is 24.0 Å². The third-order valence-electron chi connectivity index (χ3n) is 0.0962. The Morgan fingerprint density at radius 2 is 0.846 bits per heavy atom. The van der Waals surface area contributed by atoms with Gasteiger partial charge in [-0.1, -0.05) is 6.58 Å². The number of aldehydes is 1. The molecule has 0 aliphatic heterocycles. The first-order chi connectivity index (χ1) is 5.91. The van der Waals surface area contributed by atoms with Crippen molar-refractivity contribution in [3.8, 4) is 0 Å². The van der Waals surface area contributed by atoms with E-state index in [2.05, 4.69) is 33.7 Å². The van der Waals surface area contributed by atoms with E-state index < -0.39 is 0 Å². The Morgan fingerprint density at radius 3 is 0.846 bits per heavy atom. The van der Waals surface area contributed by atoms with Crippen LogP contribution < -0.4 is 0 Å². The zero-order chi connectivity index (χ0) is 11.4. The smallest absolute Gasteiger partial charge is 0.281 e. The van der Waals surface area contributed by atoms with Gasteiger partial charge in [-0.3, -0.25) is 24.0 Å². The molecule has 0 heterocycles. The maximum absolute atomic E-state index is 9.06. The van der Waals surface area contributed by atoms with E-state index in [1.54, 1.807) is 0 Å². The summed E-state index contributed by atoms with van der Waals surface area (Å²) in [5.41, 5.74) is 0. The van der Waals surface area contributed by atoms with Crippen LogP contribution >= 0.6 is 0 Å². The fraction of sp³-hybridized carbons (Fsp3) is 0. The van der Waals surface area contributed by atoms with Crippen molar-refractivity contribution in [1.29, 1.82) is 0 Å². The summed E-state index contributed by atoms with van der Waals surface area (Å²) in [5, 5.41) is 0. The van der Waals surface area contributed by atoms with Crippen molar-refractivity contribution in [1.82, 2.24) is 0 Å². The first kappa shape index (κ1) is 41.5. The summed E-state index contributed by atoms with van der Waals surface area (Å²) in [4.78, 5) is 39.1. The fourth-order valence-electron chi connectivity index (χ4n) is 0. The molecular formula is C7H4FeO5. The second-order valence-electron chi connectivity index (χ2n) is 0.372. The van der Waals surface area contributed by atoms with E-state index in [0.29, 0.717) is 6.29 Å². The first-order valence-corrected chi connectivity index (χ1v) is 1.79. The van der Waals surface area contributed by atoms with E-state index in [1.165, 1.54) is 6.08 Å². The molecule has 6 heteroatoms. The Labute approximate surface area is 87.7 Å². The van der Waals surface area contributed by atoms with E-state index in [9.17, 15) is 0 Å².